The number of nitrogens with one attached hydrogen (secondary N) is 2. The maximum absolute atomic E-state index is 5.66. The van der Waals surface area contributed by atoms with Gasteiger partial charge in [-0.05, 0) is 43.5 Å². The Morgan fingerprint density at radius 2 is 1.14 bits per heavy atom. The van der Waals surface area contributed by atoms with Crippen molar-refractivity contribution in [1.82, 2.24) is 20.4 Å². The lowest BCUT2D eigenvalue weighted by molar-refractivity contribution is 0.717. The molecule has 0 aliphatic rings. The van der Waals surface area contributed by atoms with Gasteiger partial charge >= 0.3 is 0 Å². The summed E-state index contributed by atoms with van der Waals surface area (Å²) in [5, 5.41) is 22.6. The summed E-state index contributed by atoms with van der Waals surface area (Å²) in [5.41, 5.74) is 0. The van der Waals surface area contributed by atoms with Gasteiger partial charge in [0.05, 0.1) is 0 Å². The molecule has 0 spiro atoms. The van der Waals surface area contributed by atoms with E-state index >= 15 is 0 Å². The average molecular weight is 327 g/mol. The van der Waals surface area contributed by atoms with E-state index in [1.165, 1.54) is 0 Å². The second-order valence-electron chi connectivity index (χ2n) is 4.40. The van der Waals surface area contributed by atoms with Gasteiger partial charge in [0.25, 0.3) is 0 Å². The smallest absolute Gasteiger partial charge is 0.151 e. The monoisotopic (exact) mass is 326 g/mol. The van der Waals surface area contributed by atoms with Crippen LogP contribution in [0.3, 0.4) is 0 Å². The van der Waals surface area contributed by atoms with E-state index in [1.807, 2.05) is 12.1 Å². The van der Waals surface area contributed by atoms with Gasteiger partial charge in [0.15, 0.2) is 10.3 Å². The van der Waals surface area contributed by atoms with Crippen LogP contribution in [-0.2, 0) is 0 Å². The van der Waals surface area contributed by atoms with Crippen molar-refractivity contribution in [3.63, 3.8) is 0 Å². The Morgan fingerprint density at radius 1 is 0.667 bits per heavy atom. The summed E-state index contributed by atoms with van der Waals surface area (Å²) in [4.78, 5) is 0. The van der Waals surface area contributed by atoms with E-state index in [-0.39, 0.29) is 0 Å². The lowest BCUT2D eigenvalue weighted by Crippen LogP contribution is -2.06. The molecule has 0 atom stereocenters. The van der Waals surface area contributed by atoms with E-state index in [0.717, 1.165) is 44.0 Å². The van der Waals surface area contributed by atoms with E-state index in [4.69, 9.17) is 23.2 Å². The molecule has 0 unspecified atom stereocenters. The topological polar surface area (TPSA) is 75.6 Å². The fourth-order valence-corrected chi connectivity index (χ4v) is 1.88. The summed E-state index contributed by atoms with van der Waals surface area (Å²) < 4.78 is 0. The van der Waals surface area contributed by atoms with E-state index in [2.05, 4.69) is 31.0 Å². The SMILES string of the molecule is Clc1ccc(NCCCCCNc2ccc(Cl)nn2)nn1. The van der Waals surface area contributed by atoms with Gasteiger partial charge in [-0.1, -0.05) is 23.2 Å². The van der Waals surface area contributed by atoms with Crippen LogP contribution < -0.4 is 10.6 Å². The first kappa shape index (κ1) is 15.7. The number of rotatable bonds is 8. The van der Waals surface area contributed by atoms with Crippen molar-refractivity contribution in [3.8, 4) is 0 Å². The molecule has 21 heavy (non-hydrogen) atoms. The van der Waals surface area contributed by atoms with Crippen LogP contribution in [0.2, 0.25) is 10.3 Å². The van der Waals surface area contributed by atoms with Crippen LogP contribution in [0.1, 0.15) is 19.3 Å². The highest BCUT2D eigenvalue weighted by molar-refractivity contribution is 6.29. The van der Waals surface area contributed by atoms with E-state index in [0.29, 0.717) is 10.3 Å². The van der Waals surface area contributed by atoms with E-state index in [1.54, 1.807) is 12.1 Å². The summed E-state index contributed by atoms with van der Waals surface area (Å²) in [6.45, 7) is 1.72. The van der Waals surface area contributed by atoms with Crippen molar-refractivity contribution >= 4 is 34.8 Å². The van der Waals surface area contributed by atoms with Crippen molar-refractivity contribution in [3.05, 3.63) is 34.6 Å². The van der Waals surface area contributed by atoms with Crippen LogP contribution in [0.4, 0.5) is 11.6 Å². The number of anilines is 2. The van der Waals surface area contributed by atoms with Crippen molar-refractivity contribution < 1.29 is 0 Å². The Hall–Kier alpha value is -1.66. The minimum atomic E-state index is 0.400. The summed E-state index contributed by atoms with van der Waals surface area (Å²) in [6.07, 6.45) is 3.21. The molecule has 2 N–H and O–H groups in total. The van der Waals surface area contributed by atoms with Crippen LogP contribution in [0.25, 0.3) is 0 Å². The molecule has 8 heteroatoms. The van der Waals surface area contributed by atoms with Gasteiger partial charge in [-0.15, -0.1) is 20.4 Å². The number of unbranched alkanes of at least 4 members (excludes halogenated alkanes) is 2. The third kappa shape index (κ3) is 6.10. The molecule has 0 aliphatic carbocycles. The molecule has 2 aromatic rings. The van der Waals surface area contributed by atoms with Gasteiger partial charge in [-0.3, -0.25) is 0 Å². The second-order valence-corrected chi connectivity index (χ2v) is 5.17. The standard InChI is InChI=1S/C13H16Cl2N6/c14-10-4-6-12(20-18-10)16-8-2-1-3-9-17-13-7-5-11(15)19-21-13/h4-7H,1-3,8-9H2,(H,16,20)(H,17,21). The molecule has 0 radical (unpaired) electrons. The first-order valence-electron chi connectivity index (χ1n) is 6.70. The lowest BCUT2D eigenvalue weighted by Gasteiger charge is -2.06. The Morgan fingerprint density at radius 3 is 1.52 bits per heavy atom. The van der Waals surface area contributed by atoms with Gasteiger partial charge in [0.1, 0.15) is 11.6 Å². The minimum absolute atomic E-state index is 0.400. The quantitative estimate of drug-likeness (QED) is 0.725. The van der Waals surface area contributed by atoms with Gasteiger partial charge in [0, 0.05) is 13.1 Å². The molecule has 0 bridgehead atoms. The number of halogens is 2. The third-order valence-corrected chi connectivity index (χ3v) is 3.13. The molecule has 6 nitrogen and oxygen atoms in total. The molecular weight excluding hydrogens is 311 g/mol. The van der Waals surface area contributed by atoms with Gasteiger partial charge in [-0.25, -0.2) is 0 Å². The second kappa shape index (κ2) is 8.59. The maximum atomic E-state index is 5.66. The van der Waals surface area contributed by atoms with E-state index < -0.39 is 0 Å². The summed E-state index contributed by atoms with van der Waals surface area (Å²) >= 11 is 11.3. The third-order valence-electron chi connectivity index (χ3n) is 2.73. The largest absolute Gasteiger partial charge is 0.369 e. The summed E-state index contributed by atoms with van der Waals surface area (Å²) in [7, 11) is 0. The highest BCUT2D eigenvalue weighted by atomic mass is 35.5. The van der Waals surface area contributed by atoms with E-state index in [9.17, 15) is 0 Å². The Balaban J connectivity index is 1.52. The number of hydrogen-bond acceptors (Lipinski definition) is 6. The molecule has 0 aromatic carbocycles. The van der Waals surface area contributed by atoms with Gasteiger partial charge < -0.3 is 10.6 Å². The minimum Gasteiger partial charge on any atom is -0.369 e. The first-order valence-corrected chi connectivity index (χ1v) is 7.46. The van der Waals surface area contributed by atoms with Crippen LogP contribution in [0.15, 0.2) is 24.3 Å². The molecule has 112 valence electrons. The highest BCUT2D eigenvalue weighted by Gasteiger charge is 1.97. The molecule has 0 fully saturated rings. The van der Waals surface area contributed by atoms with Crippen molar-refractivity contribution in [2.75, 3.05) is 23.7 Å². The lowest BCUT2D eigenvalue weighted by atomic mass is 10.2. The predicted octanol–water partition coefficient (Wildman–Crippen LogP) is 3.27. The molecule has 0 amide bonds. The number of nitrogens with zero attached hydrogens (tertiary/aromatic N) is 4. The zero-order valence-corrected chi connectivity index (χ0v) is 12.9. The van der Waals surface area contributed by atoms with Gasteiger partial charge in [-0.2, -0.15) is 0 Å². The molecule has 0 saturated heterocycles. The van der Waals surface area contributed by atoms with Crippen molar-refractivity contribution in [2.45, 2.75) is 19.3 Å². The number of aromatic nitrogens is 4. The first-order chi connectivity index (χ1) is 10.2. The molecule has 0 saturated carbocycles. The van der Waals surface area contributed by atoms with Crippen LogP contribution in [-0.4, -0.2) is 33.5 Å². The summed E-state index contributed by atoms with van der Waals surface area (Å²) in [6, 6.07) is 7.06. The summed E-state index contributed by atoms with van der Waals surface area (Å²) in [5.74, 6) is 1.49. The zero-order chi connectivity index (χ0) is 14.9. The van der Waals surface area contributed by atoms with Gasteiger partial charge in [0.2, 0.25) is 0 Å². The normalized spacial score (nSPS) is 10.4. The number of hydrogen-bond donors (Lipinski definition) is 2. The fourth-order valence-electron chi connectivity index (χ4n) is 1.68. The average Bonchev–Trinajstić information content (AvgIpc) is 2.50. The van der Waals surface area contributed by atoms with Crippen LogP contribution >= 0.6 is 23.2 Å². The Kier molecular flexibility index (Phi) is 6.43. The van der Waals surface area contributed by atoms with Crippen LogP contribution in [0.5, 0.6) is 0 Å². The molecular formula is C13H16Cl2N6. The Bertz CT molecular complexity index is 482. The van der Waals surface area contributed by atoms with Crippen molar-refractivity contribution in [1.29, 1.82) is 0 Å². The molecule has 2 rings (SSSR count). The predicted molar refractivity (Wildman–Crippen MR) is 84.9 cm³/mol. The fraction of sp³-hybridized carbons (Fsp3) is 0.385. The molecule has 2 aromatic heterocycles. The molecule has 0 aliphatic heterocycles. The maximum Gasteiger partial charge on any atom is 0.151 e. The zero-order valence-electron chi connectivity index (χ0n) is 11.4. The highest BCUT2D eigenvalue weighted by Crippen LogP contribution is 2.08. The Labute approximate surface area is 133 Å². The molecule has 2 heterocycles. The van der Waals surface area contributed by atoms with Crippen LogP contribution in [0, 0.1) is 0 Å². The van der Waals surface area contributed by atoms with Crippen molar-refractivity contribution in [2.24, 2.45) is 0 Å².